The maximum absolute atomic E-state index is 13.4. The molecule has 0 aliphatic carbocycles. The van der Waals surface area contributed by atoms with Gasteiger partial charge in [0.05, 0.1) is 0 Å². The fourth-order valence-electron chi connectivity index (χ4n) is 2.61. The highest BCUT2D eigenvalue weighted by Gasteiger charge is 2.33. The normalized spacial score (nSPS) is 20.8. The number of hydrogen-bond acceptors (Lipinski definition) is 2. The third-order valence-electron chi connectivity index (χ3n) is 3.77. The highest BCUT2D eigenvalue weighted by atomic mass is 19.1. The standard InChI is InChI=1S/C14H21FN2/c1-9(2)17-8-13(10(3)16-4)12-7-11(15)5-6-14(12)17/h5-7,9-10,13,16H,8H2,1-4H3. The summed E-state index contributed by atoms with van der Waals surface area (Å²) in [4.78, 5) is 2.35. The van der Waals surface area contributed by atoms with Crippen LogP contribution in [0.4, 0.5) is 10.1 Å². The van der Waals surface area contributed by atoms with Gasteiger partial charge in [0.2, 0.25) is 0 Å². The summed E-state index contributed by atoms with van der Waals surface area (Å²) in [7, 11) is 1.96. The van der Waals surface area contributed by atoms with E-state index in [0.29, 0.717) is 18.0 Å². The van der Waals surface area contributed by atoms with Crippen molar-refractivity contribution in [2.45, 2.75) is 38.8 Å². The number of nitrogens with zero attached hydrogens (tertiary/aromatic N) is 1. The molecule has 2 atom stereocenters. The first-order valence-corrected chi connectivity index (χ1v) is 6.28. The van der Waals surface area contributed by atoms with Crippen LogP contribution in [0.5, 0.6) is 0 Å². The van der Waals surface area contributed by atoms with Crippen molar-refractivity contribution in [3.63, 3.8) is 0 Å². The highest BCUT2D eigenvalue weighted by Crippen LogP contribution is 2.39. The number of fused-ring (bicyclic) bond motifs is 1. The molecular weight excluding hydrogens is 215 g/mol. The van der Waals surface area contributed by atoms with Gasteiger partial charge in [-0.05, 0) is 51.6 Å². The Morgan fingerprint density at radius 3 is 2.65 bits per heavy atom. The van der Waals surface area contributed by atoms with Gasteiger partial charge in [0.25, 0.3) is 0 Å². The predicted octanol–water partition coefficient (Wildman–Crippen LogP) is 2.75. The van der Waals surface area contributed by atoms with Crippen LogP contribution in [0.25, 0.3) is 0 Å². The number of hydrogen-bond donors (Lipinski definition) is 1. The van der Waals surface area contributed by atoms with E-state index in [1.54, 1.807) is 12.1 Å². The Morgan fingerprint density at radius 1 is 1.35 bits per heavy atom. The predicted molar refractivity (Wildman–Crippen MR) is 70.1 cm³/mol. The van der Waals surface area contributed by atoms with E-state index < -0.39 is 0 Å². The summed E-state index contributed by atoms with van der Waals surface area (Å²) >= 11 is 0. The van der Waals surface area contributed by atoms with Crippen LogP contribution in [-0.2, 0) is 0 Å². The number of likely N-dealkylation sites (N-methyl/N-ethyl adjacent to an activating group) is 1. The molecule has 1 aromatic rings. The van der Waals surface area contributed by atoms with Crippen molar-refractivity contribution in [3.05, 3.63) is 29.6 Å². The number of halogens is 1. The van der Waals surface area contributed by atoms with Crippen LogP contribution in [0.3, 0.4) is 0 Å². The lowest BCUT2D eigenvalue weighted by Crippen LogP contribution is -2.35. The lowest BCUT2D eigenvalue weighted by molar-refractivity contribution is 0.498. The molecule has 1 aliphatic rings. The first-order valence-electron chi connectivity index (χ1n) is 6.28. The molecule has 0 fully saturated rings. The minimum absolute atomic E-state index is 0.136. The van der Waals surface area contributed by atoms with E-state index in [9.17, 15) is 4.39 Å². The van der Waals surface area contributed by atoms with E-state index in [4.69, 9.17) is 0 Å². The van der Waals surface area contributed by atoms with E-state index in [2.05, 4.69) is 31.0 Å². The number of rotatable bonds is 3. The van der Waals surface area contributed by atoms with Crippen molar-refractivity contribution in [2.24, 2.45) is 0 Å². The van der Waals surface area contributed by atoms with Crippen LogP contribution < -0.4 is 10.2 Å². The minimum atomic E-state index is -0.136. The van der Waals surface area contributed by atoms with Gasteiger partial charge in [0, 0.05) is 30.2 Å². The lowest BCUT2D eigenvalue weighted by atomic mass is 9.94. The van der Waals surface area contributed by atoms with Gasteiger partial charge < -0.3 is 10.2 Å². The number of benzene rings is 1. The smallest absolute Gasteiger partial charge is 0.123 e. The maximum Gasteiger partial charge on any atom is 0.123 e. The van der Waals surface area contributed by atoms with E-state index in [1.807, 2.05) is 13.1 Å². The average molecular weight is 236 g/mol. The lowest BCUT2D eigenvalue weighted by Gasteiger charge is -2.25. The molecule has 17 heavy (non-hydrogen) atoms. The van der Waals surface area contributed by atoms with Crippen LogP contribution in [0.2, 0.25) is 0 Å². The quantitative estimate of drug-likeness (QED) is 0.868. The molecule has 0 aromatic heterocycles. The van der Waals surface area contributed by atoms with Crippen LogP contribution in [0, 0.1) is 5.82 Å². The molecule has 94 valence electrons. The number of anilines is 1. The Bertz CT molecular complexity index is 403. The van der Waals surface area contributed by atoms with Crippen molar-refractivity contribution in [1.82, 2.24) is 5.32 Å². The van der Waals surface area contributed by atoms with Crippen LogP contribution >= 0.6 is 0 Å². The monoisotopic (exact) mass is 236 g/mol. The third-order valence-corrected chi connectivity index (χ3v) is 3.77. The van der Waals surface area contributed by atoms with E-state index in [1.165, 1.54) is 5.69 Å². The van der Waals surface area contributed by atoms with Crippen LogP contribution in [0.1, 0.15) is 32.3 Å². The first kappa shape index (κ1) is 12.4. The van der Waals surface area contributed by atoms with Gasteiger partial charge in [-0.1, -0.05) is 0 Å². The van der Waals surface area contributed by atoms with Crippen molar-refractivity contribution in [1.29, 1.82) is 0 Å². The Morgan fingerprint density at radius 2 is 2.06 bits per heavy atom. The van der Waals surface area contributed by atoms with Gasteiger partial charge in [-0.15, -0.1) is 0 Å². The Labute approximate surface area is 103 Å². The second-order valence-electron chi connectivity index (χ2n) is 5.13. The fourth-order valence-corrected chi connectivity index (χ4v) is 2.61. The molecule has 2 unspecified atom stereocenters. The molecule has 0 bridgehead atoms. The Kier molecular flexibility index (Phi) is 3.38. The Balaban J connectivity index is 2.41. The van der Waals surface area contributed by atoms with E-state index >= 15 is 0 Å². The summed E-state index contributed by atoms with van der Waals surface area (Å²) in [6, 6.07) is 5.97. The summed E-state index contributed by atoms with van der Waals surface area (Å²) in [5.74, 6) is 0.232. The zero-order valence-electron chi connectivity index (χ0n) is 11.0. The molecule has 3 heteroatoms. The maximum atomic E-state index is 13.4. The summed E-state index contributed by atoms with van der Waals surface area (Å²) < 4.78 is 13.4. The molecule has 1 aromatic carbocycles. The Hall–Kier alpha value is -1.09. The zero-order chi connectivity index (χ0) is 12.6. The summed E-state index contributed by atoms with van der Waals surface area (Å²) in [5, 5.41) is 3.28. The summed E-state index contributed by atoms with van der Waals surface area (Å²) in [6.07, 6.45) is 0. The SMILES string of the molecule is CNC(C)C1CN(C(C)C)c2ccc(F)cc21. The van der Waals surface area contributed by atoms with Crippen molar-refractivity contribution in [3.8, 4) is 0 Å². The number of nitrogens with one attached hydrogen (secondary N) is 1. The third kappa shape index (κ3) is 2.16. The van der Waals surface area contributed by atoms with Gasteiger partial charge in [0.15, 0.2) is 0 Å². The van der Waals surface area contributed by atoms with E-state index in [-0.39, 0.29) is 5.82 Å². The molecule has 0 saturated carbocycles. The molecule has 2 rings (SSSR count). The van der Waals surface area contributed by atoms with Gasteiger partial charge in [-0.25, -0.2) is 4.39 Å². The molecule has 2 nitrogen and oxygen atoms in total. The second kappa shape index (κ2) is 4.65. The zero-order valence-corrected chi connectivity index (χ0v) is 11.0. The summed E-state index contributed by atoms with van der Waals surface area (Å²) in [6.45, 7) is 7.49. The van der Waals surface area contributed by atoms with Crippen molar-refractivity contribution >= 4 is 5.69 Å². The fraction of sp³-hybridized carbons (Fsp3) is 0.571. The highest BCUT2D eigenvalue weighted by molar-refractivity contribution is 5.61. The minimum Gasteiger partial charge on any atom is -0.368 e. The summed E-state index contributed by atoms with van der Waals surface area (Å²) in [5.41, 5.74) is 2.33. The van der Waals surface area contributed by atoms with Gasteiger partial charge in [0.1, 0.15) is 5.82 Å². The van der Waals surface area contributed by atoms with Gasteiger partial charge >= 0.3 is 0 Å². The average Bonchev–Trinajstić information content (AvgIpc) is 2.66. The first-order chi connectivity index (χ1) is 8.04. The molecule has 0 amide bonds. The van der Waals surface area contributed by atoms with Gasteiger partial charge in [-0.2, -0.15) is 0 Å². The van der Waals surface area contributed by atoms with Crippen LogP contribution in [0.15, 0.2) is 18.2 Å². The second-order valence-corrected chi connectivity index (χ2v) is 5.13. The molecule has 0 radical (unpaired) electrons. The largest absolute Gasteiger partial charge is 0.368 e. The molecule has 0 saturated heterocycles. The molecule has 0 spiro atoms. The van der Waals surface area contributed by atoms with Crippen molar-refractivity contribution < 1.29 is 4.39 Å². The van der Waals surface area contributed by atoms with Gasteiger partial charge in [-0.3, -0.25) is 0 Å². The molecule has 1 heterocycles. The molecular formula is C14H21FN2. The van der Waals surface area contributed by atoms with Crippen molar-refractivity contribution in [2.75, 3.05) is 18.5 Å². The van der Waals surface area contributed by atoms with Crippen LogP contribution in [-0.4, -0.2) is 25.7 Å². The molecule has 1 aliphatic heterocycles. The molecule has 1 N–H and O–H groups in total. The topological polar surface area (TPSA) is 15.3 Å². The van der Waals surface area contributed by atoms with E-state index in [0.717, 1.165) is 12.1 Å².